The molecule has 0 amide bonds. The third kappa shape index (κ3) is 6.60. The minimum Gasteiger partial charge on any atom is -0.508 e. The van der Waals surface area contributed by atoms with Crippen molar-refractivity contribution in [3.8, 4) is 11.5 Å². The van der Waals surface area contributed by atoms with Crippen LogP contribution in [0.2, 0.25) is 0 Å². The largest absolute Gasteiger partial charge is 0.508 e. The van der Waals surface area contributed by atoms with E-state index < -0.39 is 59.2 Å². The first kappa shape index (κ1) is 27.2. The SMILES string of the molecule is FC(F)(F)CC(F)(F)F.Oc1ccc(C(c2ccc(O)cc2)(C(F)(F)F)C(F)(F)F)cc1. The fraction of sp³-hybridized carbons (Fsp3) is 0.333. The van der Waals surface area contributed by atoms with E-state index in [0.29, 0.717) is 24.3 Å². The Kier molecular flexibility index (Phi) is 7.64. The van der Waals surface area contributed by atoms with Gasteiger partial charge in [0.2, 0.25) is 5.41 Å². The van der Waals surface area contributed by atoms with Crippen LogP contribution in [-0.2, 0) is 5.41 Å². The summed E-state index contributed by atoms with van der Waals surface area (Å²) in [5, 5.41) is 18.3. The second-order valence-corrected chi connectivity index (χ2v) is 6.25. The van der Waals surface area contributed by atoms with Crippen molar-refractivity contribution in [2.45, 2.75) is 36.5 Å². The number of phenols is 2. The molecule has 2 N–H and O–H groups in total. The van der Waals surface area contributed by atoms with Crippen molar-refractivity contribution in [2.24, 2.45) is 0 Å². The lowest BCUT2D eigenvalue weighted by Crippen LogP contribution is -2.54. The first-order valence-corrected chi connectivity index (χ1v) is 8.06. The van der Waals surface area contributed by atoms with Gasteiger partial charge >= 0.3 is 24.7 Å². The Bertz CT molecular complexity index is 786. The Morgan fingerprint density at radius 2 is 0.719 bits per heavy atom. The van der Waals surface area contributed by atoms with E-state index in [2.05, 4.69) is 0 Å². The summed E-state index contributed by atoms with van der Waals surface area (Å²) < 4.78 is 147. The maximum atomic E-state index is 13.6. The van der Waals surface area contributed by atoms with Crippen LogP contribution in [0.3, 0.4) is 0 Å². The summed E-state index contributed by atoms with van der Waals surface area (Å²) in [6.45, 7) is 0. The highest BCUT2D eigenvalue weighted by molar-refractivity contribution is 5.46. The molecular formula is C18H12F12O2. The Morgan fingerprint density at radius 1 is 0.469 bits per heavy atom. The quantitative estimate of drug-likeness (QED) is 0.447. The molecule has 0 aliphatic rings. The standard InChI is InChI=1S/C15H10F6O2.C3H2F6/c16-14(17,18)13(15(19,20)21,9-1-5-11(22)6-2-9)10-3-7-12(23)8-4-10;4-2(5,6)1-3(7,8)9/h1-8,22-23H;1H2. The topological polar surface area (TPSA) is 40.5 Å². The molecule has 0 atom stereocenters. The first-order valence-electron chi connectivity index (χ1n) is 8.06. The number of hydrogen-bond acceptors (Lipinski definition) is 2. The van der Waals surface area contributed by atoms with Gasteiger partial charge in [0.25, 0.3) is 0 Å². The molecule has 0 fully saturated rings. The van der Waals surface area contributed by atoms with E-state index in [1.165, 1.54) is 0 Å². The number of aromatic hydroxyl groups is 2. The zero-order chi connectivity index (χ0) is 25.2. The van der Waals surface area contributed by atoms with E-state index in [0.717, 1.165) is 24.3 Å². The Morgan fingerprint density at radius 3 is 0.875 bits per heavy atom. The molecule has 0 aliphatic carbocycles. The molecule has 0 saturated heterocycles. The van der Waals surface area contributed by atoms with Crippen molar-refractivity contribution in [3.63, 3.8) is 0 Å². The van der Waals surface area contributed by atoms with Crippen LogP contribution in [0.4, 0.5) is 52.7 Å². The lowest BCUT2D eigenvalue weighted by Gasteiger charge is -2.38. The first-order chi connectivity index (χ1) is 14.2. The van der Waals surface area contributed by atoms with Crippen LogP contribution in [0.5, 0.6) is 11.5 Å². The van der Waals surface area contributed by atoms with Crippen molar-refractivity contribution in [3.05, 3.63) is 59.7 Å². The van der Waals surface area contributed by atoms with E-state index >= 15 is 0 Å². The highest BCUT2D eigenvalue weighted by atomic mass is 19.4. The van der Waals surface area contributed by atoms with Gasteiger partial charge in [-0.3, -0.25) is 0 Å². The minimum absolute atomic E-state index is 0.460. The van der Waals surface area contributed by atoms with Crippen molar-refractivity contribution in [1.29, 1.82) is 0 Å². The van der Waals surface area contributed by atoms with E-state index in [1.807, 2.05) is 0 Å². The number of alkyl halides is 12. The molecule has 0 unspecified atom stereocenters. The lowest BCUT2D eigenvalue weighted by atomic mass is 9.73. The molecule has 32 heavy (non-hydrogen) atoms. The summed E-state index contributed by atoms with van der Waals surface area (Å²) in [4.78, 5) is 0. The summed E-state index contributed by atoms with van der Waals surface area (Å²) in [6, 6.07) is 5.30. The monoisotopic (exact) mass is 488 g/mol. The summed E-state index contributed by atoms with van der Waals surface area (Å²) in [5.41, 5.74) is -6.44. The molecule has 2 aromatic rings. The third-order valence-corrected chi connectivity index (χ3v) is 3.85. The average molecular weight is 488 g/mol. The molecule has 0 aromatic heterocycles. The Labute approximate surface area is 171 Å². The number of benzene rings is 2. The van der Waals surface area contributed by atoms with Crippen LogP contribution in [-0.4, -0.2) is 34.9 Å². The molecule has 0 bridgehead atoms. The fourth-order valence-corrected chi connectivity index (χ4v) is 2.63. The smallest absolute Gasteiger partial charge is 0.411 e. The van der Waals surface area contributed by atoms with Crippen molar-refractivity contribution < 1.29 is 62.9 Å². The fourth-order valence-electron chi connectivity index (χ4n) is 2.63. The molecule has 0 spiro atoms. The predicted octanol–water partition coefficient (Wildman–Crippen LogP) is 7.01. The van der Waals surface area contributed by atoms with E-state index in [4.69, 9.17) is 10.2 Å². The molecule has 0 saturated carbocycles. The summed E-state index contributed by atoms with van der Waals surface area (Å²) in [5.74, 6) is -0.921. The van der Waals surface area contributed by atoms with Gasteiger partial charge in [0.15, 0.2) is 0 Å². The molecule has 2 nitrogen and oxygen atoms in total. The zero-order valence-electron chi connectivity index (χ0n) is 15.3. The van der Waals surface area contributed by atoms with Gasteiger partial charge in [0.05, 0.1) is 0 Å². The van der Waals surface area contributed by atoms with Crippen LogP contribution in [0, 0.1) is 0 Å². The Hall–Kier alpha value is -2.80. The minimum atomic E-state index is -5.70. The number of hydrogen-bond donors (Lipinski definition) is 2. The van der Waals surface area contributed by atoms with Crippen LogP contribution >= 0.6 is 0 Å². The van der Waals surface area contributed by atoms with E-state index in [-0.39, 0.29) is 0 Å². The molecule has 0 aliphatic heterocycles. The van der Waals surface area contributed by atoms with Crippen molar-refractivity contribution in [1.82, 2.24) is 0 Å². The highest BCUT2D eigenvalue weighted by Crippen LogP contribution is 2.56. The summed E-state index contributed by atoms with van der Waals surface area (Å²) >= 11 is 0. The second kappa shape index (κ2) is 8.98. The normalized spacial score (nSPS) is 13.4. The van der Waals surface area contributed by atoms with Crippen molar-refractivity contribution in [2.75, 3.05) is 0 Å². The molecule has 180 valence electrons. The molecule has 14 heteroatoms. The number of rotatable bonds is 2. The molecule has 0 heterocycles. The molecular weight excluding hydrogens is 476 g/mol. The average Bonchev–Trinajstić information content (AvgIpc) is 2.53. The third-order valence-electron chi connectivity index (χ3n) is 3.85. The van der Waals surface area contributed by atoms with Crippen LogP contribution in [0.1, 0.15) is 17.5 Å². The Balaban J connectivity index is 0.000000482. The molecule has 2 rings (SSSR count). The van der Waals surface area contributed by atoms with Gasteiger partial charge in [0, 0.05) is 0 Å². The van der Waals surface area contributed by atoms with Gasteiger partial charge in [0.1, 0.15) is 17.9 Å². The van der Waals surface area contributed by atoms with Gasteiger partial charge in [-0.05, 0) is 35.4 Å². The van der Waals surface area contributed by atoms with Crippen LogP contribution < -0.4 is 0 Å². The molecule has 2 aromatic carbocycles. The van der Waals surface area contributed by atoms with Crippen LogP contribution in [0.15, 0.2) is 48.5 Å². The maximum absolute atomic E-state index is 13.6. The van der Waals surface area contributed by atoms with E-state index in [1.54, 1.807) is 0 Å². The van der Waals surface area contributed by atoms with Crippen LogP contribution in [0.25, 0.3) is 0 Å². The van der Waals surface area contributed by atoms with Gasteiger partial charge in [-0.2, -0.15) is 52.7 Å². The van der Waals surface area contributed by atoms with Crippen molar-refractivity contribution >= 4 is 0 Å². The van der Waals surface area contributed by atoms with Gasteiger partial charge in [-0.15, -0.1) is 0 Å². The highest BCUT2D eigenvalue weighted by Gasteiger charge is 2.72. The van der Waals surface area contributed by atoms with Gasteiger partial charge in [-0.1, -0.05) is 24.3 Å². The van der Waals surface area contributed by atoms with Gasteiger partial charge in [-0.25, -0.2) is 0 Å². The maximum Gasteiger partial charge on any atom is 0.411 e. The van der Waals surface area contributed by atoms with E-state index in [9.17, 15) is 52.7 Å². The van der Waals surface area contributed by atoms with Gasteiger partial charge < -0.3 is 10.2 Å². The summed E-state index contributed by atoms with van der Waals surface area (Å²) in [7, 11) is 0. The zero-order valence-corrected chi connectivity index (χ0v) is 15.3. The predicted molar refractivity (Wildman–Crippen MR) is 85.8 cm³/mol. The number of halogens is 12. The number of phenolic OH excluding ortho intramolecular Hbond substituents is 2. The summed E-state index contributed by atoms with van der Waals surface area (Å²) in [6.07, 6.45) is -24.4. The lowest BCUT2D eigenvalue weighted by molar-refractivity contribution is -0.288. The molecule has 0 radical (unpaired) electrons. The second-order valence-electron chi connectivity index (χ2n) is 6.25.